The van der Waals surface area contributed by atoms with E-state index in [1.54, 1.807) is 0 Å². The number of benzene rings is 16. The van der Waals surface area contributed by atoms with Crippen molar-refractivity contribution in [3.63, 3.8) is 0 Å². The molecule has 0 saturated carbocycles. The van der Waals surface area contributed by atoms with Gasteiger partial charge < -0.3 is 9.80 Å². The third kappa shape index (κ3) is 9.37. The Hall–Kier alpha value is -13.5. The molecule has 0 spiro atoms. The molecular formula is C116H84N2O2. The van der Waals surface area contributed by atoms with Gasteiger partial charge in [-0.2, -0.15) is 0 Å². The zero-order valence-electron chi connectivity index (χ0n) is 66.9. The molecule has 0 N–H and O–H groups in total. The van der Waals surface area contributed by atoms with Crippen LogP contribution in [-0.4, -0.2) is 47.8 Å². The number of piperidine rings is 2. The van der Waals surface area contributed by atoms with E-state index in [0.29, 0.717) is 51.6 Å². The minimum absolute atomic E-state index is 0.0927. The van der Waals surface area contributed by atoms with Gasteiger partial charge in [-0.3, -0.25) is 9.59 Å². The molecule has 0 bridgehead atoms. The van der Waals surface area contributed by atoms with Crippen molar-refractivity contribution >= 4 is 11.8 Å². The summed E-state index contributed by atoms with van der Waals surface area (Å²) >= 11 is 0. The maximum atomic E-state index is 19.2. The molecular weight excluding hydrogens is 1450 g/mol. The summed E-state index contributed by atoms with van der Waals surface area (Å²) in [5.74, 6) is 0.185. The topological polar surface area (TPSA) is 40.6 Å². The van der Waals surface area contributed by atoms with Gasteiger partial charge >= 0.3 is 0 Å². The lowest BCUT2D eigenvalue weighted by molar-refractivity contribution is -0.146. The normalized spacial score (nSPS) is 16.8. The summed E-state index contributed by atoms with van der Waals surface area (Å²) in [5.41, 5.74) is 45.5. The smallest absolute Gasteiger partial charge is 0.237 e. The van der Waals surface area contributed by atoms with E-state index in [0.717, 1.165) is 47.9 Å². The second kappa shape index (κ2) is 25.5. The molecule has 26 rings (SSSR count). The van der Waals surface area contributed by atoms with Crippen molar-refractivity contribution in [2.75, 3.05) is 26.2 Å². The maximum absolute atomic E-state index is 19.2. The second-order valence-electron chi connectivity index (χ2n) is 36.1. The standard InChI is InChI=1S/C116H84N2O2/c119-111-115(107-53-21-45-91-83-37-13-5-29-75(83)63-99(91)107,108-54-22-46-92-84-38-14-6-30-76(84)64-100(92)108)67-113(103-49-17-41-87-79-33-9-1-25-71(79)59-95(87)103,104-50-18-42-88-80-34-10-2-26-72(80)60-96(88)104)69-117(111)57-58-118-70-114(105-51-19-43-89-81-35-11-3-27-73(81)61-97(89)105,106-52-20-44-90-82-36-12-4-28-74(82)62-98(90)106)68-116(112(118)120,109-55-23-47-93-85-39-15-7-31-77(85)65-101(93)109)110-56-24-48-94-86-40-16-8-32-78(86)66-102(94)110/h1-56H,57-70H2. The van der Waals surface area contributed by atoms with Gasteiger partial charge in [-0.1, -0.05) is 340 Å². The Morgan fingerprint density at radius 2 is 0.342 bits per heavy atom. The van der Waals surface area contributed by atoms with Crippen LogP contribution in [0.15, 0.2) is 340 Å². The number of likely N-dealkylation sites (tertiary alicyclic amines) is 2. The minimum Gasteiger partial charge on any atom is -0.339 e. The quantitative estimate of drug-likeness (QED) is 0.129. The molecule has 0 radical (unpaired) electrons. The zero-order valence-corrected chi connectivity index (χ0v) is 66.9. The first-order chi connectivity index (χ1) is 59.2. The zero-order chi connectivity index (χ0) is 78.9. The minimum atomic E-state index is -1.32. The average Bonchev–Trinajstić information content (AvgIpc) is 1.40. The lowest BCUT2D eigenvalue weighted by Crippen LogP contribution is -2.65. The SMILES string of the molecule is O=C1N(CCN2CC(c3cccc4c3Cc3ccccc3-4)(c3cccc4c3Cc3ccccc3-4)CC(c3cccc4c3Cc3ccccc3-4)(c3cccc4c3Cc3ccccc3-4)C2=O)CC(c2cccc3c2Cc2ccccc2-3)(c2cccc3c2Cc2ccccc2-3)CC1(c1cccc2c1Cc1ccccc1-2)c1cccc2c1Cc1ccccc1-2. The number of rotatable bonds is 11. The second-order valence-corrected chi connectivity index (χ2v) is 36.1. The monoisotopic (exact) mass is 1540 g/mol. The highest BCUT2D eigenvalue weighted by atomic mass is 16.2. The molecule has 2 fully saturated rings. The van der Waals surface area contributed by atoms with Crippen LogP contribution in [-0.2, 0) is 82.6 Å². The molecule has 4 nitrogen and oxygen atoms in total. The van der Waals surface area contributed by atoms with Crippen molar-refractivity contribution in [3.05, 3.63) is 473 Å². The van der Waals surface area contributed by atoms with Gasteiger partial charge in [0.1, 0.15) is 10.8 Å². The summed E-state index contributed by atoms with van der Waals surface area (Å²) < 4.78 is 0. The Balaban J connectivity index is 0.758. The third-order valence-corrected chi connectivity index (χ3v) is 30.7. The number of amides is 2. The van der Waals surface area contributed by atoms with Gasteiger partial charge in [0.15, 0.2) is 0 Å². The van der Waals surface area contributed by atoms with Gasteiger partial charge in [-0.05, 0) is 287 Å². The predicted molar refractivity (Wildman–Crippen MR) is 483 cm³/mol. The van der Waals surface area contributed by atoms with E-state index in [2.05, 4.69) is 350 Å². The number of carbonyl (C=O) groups excluding carboxylic acids is 2. The van der Waals surface area contributed by atoms with Crippen LogP contribution < -0.4 is 0 Å². The predicted octanol–water partition coefficient (Wildman–Crippen LogP) is 24.0. The van der Waals surface area contributed by atoms with Crippen LogP contribution >= 0.6 is 0 Å². The van der Waals surface area contributed by atoms with Crippen molar-refractivity contribution in [1.82, 2.24) is 9.80 Å². The van der Waals surface area contributed by atoms with Gasteiger partial charge in [0, 0.05) is 37.0 Å². The molecule has 2 heterocycles. The van der Waals surface area contributed by atoms with Crippen LogP contribution in [0, 0.1) is 0 Å². The van der Waals surface area contributed by atoms with Gasteiger partial charge in [-0.25, -0.2) is 0 Å². The lowest BCUT2D eigenvalue weighted by Gasteiger charge is -2.56. The molecule has 16 aromatic carbocycles. The van der Waals surface area contributed by atoms with E-state index >= 15 is 9.59 Å². The molecule has 10 aliphatic rings. The first kappa shape index (κ1) is 68.5. The highest BCUT2D eigenvalue weighted by Crippen LogP contribution is 2.64. The van der Waals surface area contributed by atoms with E-state index < -0.39 is 21.7 Å². The van der Waals surface area contributed by atoms with Gasteiger partial charge in [0.2, 0.25) is 11.8 Å². The first-order valence-electron chi connectivity index (χ1n) is 43.5. The molecule has 120 heavy (non-hydrogen) atoms. The molecule has 4 heteroatoms. The maximum Gasteiger partial charge on any atom is 0.237 e. The van der Waals surface area contributed by atoms with Gasteiger partial charge in [-0.15, -0.1) is 0 Å². The highest BCUT2D eigenvalue weighted by molar-refractivity contribution is 6.01. The molecule has 2 aliphatic heterocycles. The Bertz CT molecular complexity index is 6410. The first-order valence-corrected chi connectivity index (χ1v) is 43.5. The Kier molecular flexibility index (Phi) is 14.6. The summed E-state index contributed by atoms with van der Waals surface area (Å²) in [4.78, 5) is 43.2. The summed E-state index contributed by atoms with van der Waals surface area (Å²) in [6, 6.07) is 129. The van der Waals surface area contributed by atoms with Crippen molar-refractivity contribution in [1.29, 1.82) is 0 Å². The van der Waals surface area contributed by atoms with Crippen LogP contribution in [0.4, 0.5) is 0 Å². The van der Waals surface area contributed by atoms with Crippen molar-refractivity contribution in [2.24, 2.45) is 0 Å². The number of hydrogen-bond acceptors (Lipinski definition) is 2. The lowest BCUT2D eigenvalue weighted by atomic mass is 9.54. The molecule has 0 atom stereocenters. The van der Waals surface area contributed by atoms with E-state index in [1.807, 2.05) is 0 Å². The van der Waals surface area contributed by atoms with Gasteiger partial charge in [0.25, 0.3) is 0 Å². The molecule has 16 aromatic rings. The molecule has 570 valence electrons. The number of carbonyl (C=O) groups is 2. The fourth-order valence-corrected chi connectivity index (χ4v) is 25.9. The molecule has 2 saturated heterocycles. The molecule has 8 aliphatic carbocycles. The summed E-state index contributed by atoms with van der Waals surface area (Å²) in [5, 5.41) is 0. The van der Waals surface area contributed by atoms with E-state index in [4.69, 9.17) is 0 Å². The molecule has 0 aromatic heterocycles. The largest absolute Gasteiger partial charge is 0.339 e. The fourth-order valence-electron chi connectivity index (χ4n) is 25.9. The Labute approximate surface area is 700 Å². The van der Waals surface area contributed by atoms with Crippen LogP contribution in [0.2, 0.25) is 0 Å². The van der Waals surface area contributed by atoms with Crippen LogP contribution in [0.1, 0.15) is 146 Å². The average molecular weight is 1540 g/mol. The summed E-state index contributed by atoms with van der Waals surface area (Å²) in [6.45, 7) is 1.25. The van der Waals surface area contributed by atoms with Crippen LogP contribution in [0.5, 0.6) is 0 Å². The summed E-state index contributed by atoms with van der Waals surface area (Å²) in [6.07, 6.45) is 6.79. The molecule has 0 unspecified atom stereocenters. The third-order valence-electron chi connectivity index (χ3n) is 30.7. The molecule has 2 amide bonds. The number of nitrogens with zero attached hydrogens (tertiary/aromatic N) is 2. The number of fused-ring (bicyclic) bond motifs is 24. The van der Waals surface area contributed by atoms with E-state index in [1.165, 1.54) is 200 Å². The van der Waals surface area contributed by atoms with Crippen molar-refractivity contribution in [2.45, 2.75) is 85.9 Å². The number of hydrogen-bond donors (Lipinski definition) is 0. The summed E-state index contributed by atoms with van der Waals surface area (Å²) in [7, 11) is 0. The van der Waals surface area contributed by atoms with Crippen molar-refractivity contribution in [3.8, 4) is 89.0 Å². The van der Waals surface area contributed by atoms with E-state index in [9.17, 15) is 0 Å². The van der Waals surface area contributed by atoms with Gasteiger partial charge in [0.05, 0.1) is 0 Å². The van der Waals surface area contributed by atoms with Crippen LogP contribution in [0.25, 0.3) is 89.0 Å². The van der Waals surface area contributed by atoms with E-state index in [-0.39, 0.29) is 24.9 Å². The fraction of sp³-hybridized carbons (Fsp3) is 0.155. The Morgan fingerprint density at radius 1 is 0.183 bits per heavy atom. The van der Waals surface area contributed by atoms with Crippen LogP contribution in [0.3, 0.4) is 0 Å². The Morgan fingerprint density at radius 3 is 0.533 bits per heavy atom. The highest BCUT2D eigenvalue weighted by Gasteiger charge is 2.63. The van der Waals surface area contributed by atoms with Crippen molar-refractivity contribution < 1.29 is 9.59 Å².